The number of rotatable bonds is 2. The number of hydrogen-bond acceptors (Lipinski definition) is 1. The summed E-state index contributed by atoms with van der Waals surface area (Å²) in [4.78, 5) is 0. The van der Waals surface area contributed by atoms with Gasteiger partial charge in [-0.05, 0) is 50.5 Å². The normalized spacial score (nSPS) is 14.1. The van der Waals surface area contributed by atoms with Crippen LogP contribution in [0.1, 0.15) is 29.2 Å². The van der Waals surface area contributed by atoms with Crippen LogP contribution in [0.3, 0.4) is 0 Å². The highest BCUT2D eigenvalue weighted by Crippen LogP contribution is 2.34. The Kier molecular flexibility index (Phi) is 3.14. The van der Waals surface area contributed by atoms with E-state index in [1.165, 1.54) is 13.0 Å². The molecule has 2 N–H and O–H groups in total. The van der Waals surface area contributed by atoms with Crippen LogP contribution < -0.4 is 5.73 Å². The van der Waals surface area contributed by atoms with E-state index in [0.29, 0.717) is 5.56 Å². The highest BCUT2D eigenvalue weighted by Gasteiger charge is 2.37. The van der Waals surface area contributed by atoms with Crippen LogP contribution >= 0.6 is 0 Å². The molecule has 0 saturated heterocycles. The summed E-state index contributed by atoms with van der Waals surface area (Å²) in [6.07, 6.45) is 0. The van der Waals surface area contributed by atoms with E-state index in [2.05, 4.69) is 0 Å². The van der Waals surface area contributed by atoms with Crippen molar-refractivity contribution >= 4 is 0 Å². The zero-order valence-electron chi connectivity index (χ0n) is 9.57. The Morgan fingerprint density at radius 3 is 2.00 bits per heavy atom. The highest BCUT2D eigenvalue weighted by atomic mass is 19.3. The minimum Gasteiger partial charge on any atom is -0.323 e. The SMILES string of the molecule is Cc1cc(C)c(C(F)(F)C(C)N)cc1C. The van der Waals surface area contributed by atoms with Crippen LogP contribution in [0.4, 0.5) is 8.78 Å². The minimum atomic E-state index is -2.96. The average Bonchev–Trinajstić information content (AvgIpc) is 2.10. The molecule has 1 aromatic rings. The number of hydrogen-bond donors (Lipinski definition) is 1. The van der Waals surface area contributed by atoms with Crippen LogP contribution in [0, 0.1) is 20.8 Å². The van der Waals surface area contributed by atoms with Crippen molar-refractivity contribution in [2.24, 2.45) is 5.73 Å². The Morgan fingerprint density at radius 2 is 1.53 bits per heavy atom. The summed E-state index contributed by atoms with van der Waals surface area (Å²) in [5.74, 6) is -2.96. The lowest BCUT2D eigenvalue weighted by Gasteiger charge is -2.23. The number of halogens is 2. The molecule has 0 saturated carbocycles. The van der Waals surface area contributed by atoms with E-state index in [9.17, 15) is 8.78 Å². The lowest BCUT2D eigenvalue weighted by molar-refractivity contribution is -0.0262. The van der Waals surface area contributed by atoms with Crippen molar-refractivity contribution in [1.82, 2.24) is 0 Å². The molecule has 3 heteroatoms. The Bertz CT molecular complexity index is 370. The second-order valence-electron chi connectivity index (χ2n) is 4.16. The number of alkyl halides is 2. The van der Waals surface area contributed by atoms with E-state index in [1.54, 1.807) is 13.0 Å². The smallest absolute Gasteiger partial charge is 0.287 e. The third kappa shape index (κ3) is 2.17. The first-order valence-electron chi connectivity index (χ1n) is 4.98. The van der Waals surface area contributed by atoms with Gasteiger partial charge in [0.2, 0.25) is 0 Å². The van der Waals surface area contributed by atoms with Crippen molar-refractivity contribution in [2.75, 3.05) is 0 Å². The molecular weight excluding hydrogens is 196 g/mol. The van der Waals surface area contributed by atoms with Crippen LogP contribution in [-0.4, -0.2) is 6.04 Å². The molecule has 0 heterocycles. The Balaban J connectivity index is 3.32. The standard InChI is InChI=1S/C12H17F2N/c1-7-5-9(3)11(6-8(7)2)12(13,14)10(4)15/h5-6,10H,15H2,1-4H3. The summed E-state index contributed by atoms with van der Waals surface area (Å²) in [6.45, 7) is 6.76. The number of nitrogens with two attached hydrogens (primary N) is 1. The number of benzene rings is 1. The van der Waals surface area contributed by atoms with Crippen molar-refractivity contribution in [3.63, 3.8) is 0 Å². The van der Waals surface area contributed by atoms with Gasteiger partial charge in [-0.1, -0.05) is 6.07 Å². The molecule has 0 aromatic heterocycles. The van der Waals surface area contributed by atoms with Gasteiger partial charge in [-0.2, -0.15) is 8.78 Å². The van der Waals surface area contributed by atoms with Crippen LogP contribution in [0.2, 0.25) is 0 Å². The quantitative estimate of drug-likeness (QED) is 0.802. The zero-order valence-corrected chi connectivity index (χ0v) is 9.57. The van der Waals surface area contributed by atoms with Gasteiger partial charge in [0.15, 0.2) is 0 Å². The molecule has 1 unspecified atom stereocenters. The molecule has 1 rings (SSSR count). The summed E-state index contributed by atoms with van der Waals surface area (Å²) in [5, 5.41) is 0. The highest BCUT2D eigenvalue weighted by molar-refractivity contribution is 5.39. The summed E-state index contributed by atoms with van der Waals surface area (Å²) >= 11 is 0. The van der Waals surface area contributed by atoms with Crippen LogP contribution in [-0.2, 0) is 5.92 Å². The fourth-order valence-electron chi connectivity index (χ4n) is 1.56. The van der Waals surface area contributed by atoms with Crippen molar-refractivity contribution in [3.05, 3.63) is 34.4 Å². The van der Waals surface area contributed by atoms with Crippen molar-refractivity contribution in [1.29, 1.82) is 0 Å². The van der Waals surface area contributed by atoms with E-state index >= 15 is 0 Å². The van der Waals surface area contributed by atoms with Gasteiger partial charge in [0.05, 0.1) is 6.04 Å². The summed E-state index contributed by atoms with van der Waals surface area (Å²) in [7, 11) is 0. The monoisotopic (exact) mass is 213 g/mol. The molecule has 0 radical (unpaired) electrons. The molecule has 0 aliphatic rings. The fraction of sp³-hybridized carbons (Fsp3) is 0.500. The van der Waals surface area contributed by atoms with Gasteiger partial charge in [-0.15, -0.1) is 0 Å². The molecule has 0 amide bonds. The molecule has 0 bridgehead atoms. The van der Waals surface area contributed by atoms with Crippen molar-refractivity contribution < 1.29 is 8.78 Å². The molecule has 0 aliphatic carbocycles. The molecule has 0 aliphatic heterocycles. The number of aryl methyl sites for hydroxylation is 3. The van der Waals surface area contributed by atoms with E-state index in [1.807, 2.05) is 13.8 Å². The first kappa shape index (κ1) is 12.1. The lowest BCUT2D eigenvalue weighted by atomic mass is 9.94. The summed E-state index contributed by atoms with van der Waals surface area (Å²) < 4.78 is 27.5. The van der Waals surface area contributed by atoms with E-state index in [-0.39, 0.29) is 5.56 Å². The van der Waals surface area contributed by atoms with Crippen molar-refractivity contribution in [2.45, 2.75) is 39.7 Å². The van der Waals surface area contributed by atoms with Crippen LogP contribution in [0.25, 0.3) is 0 Å². The van der Waals surface area contributed by atoms with Gasteiger partial charge in [-0.3, -0.25) is 0 Å². The third-order valence-corrected chi connectivity index (χ3v) is 2.77. The van der Waals surface area contributed by atoms with E-state index in [0.717, 1.165) is 11.1 Å². The minimum absolute atomic E-state index is 0.0422. The van der Waals surface area contributed by atoms with E-state index in [4.69, 9.17) is 5.73 Å². The molecule has 0 fully saturated rings. The molecule has 1 nitrogen and oxygen atoms in total. The van der Waals surface area contributed by atoms with Crippen LogP contribution in [0.5, 0.6) is 0 Å². The average molecular weight is 213 g/mol. The van der Waals surface area contributed by atoms with Crippen LogP contribution in [0.15, 0.2) is 12.1 Å². The van der Waals surface area contributed by atoms with Gasteiger partial charge < -0.3 is 5.73 Å². The van der Waals surface area contributed by atoms with Gasteiger partial charge in [0, 0.05) is 5.56 Å². The van der Waals surface area contributed by atoms with Gasteiger partial charge in [0.1, 0.15) is 0 Å². The molecule has 84 valence electrons. The fourth-order valence-corrected chi connectivity index (χ4v) is 1.56. The Hall–Kier alpha value is -0.960. The topological polar surface area (TPSA) is 26.0 Å². The van der Waals surface area contributed by atoms with E-state index < -0.39 is 12.0 Å². The first-order valence-corrected chi connectivity index (χ1v) is 4.98. The Morgan fingerprint density at radius 1 is 1.07 bits per heavy atom. The summed E-state index contributed by atoms with van der Waals surface area (Å²) in [6, 6.07) is 2.15. The second kappa shape index (κ2) is 3.89. The maximum Gasteiger partial charge on any atom is 0.287 e. The molecule has 0 spiro atoms. The van der Waals surface area contributed by atoms with Gasteiger partial charge in [-0.25, -0.2) is 0 Å². The molecule has 1 aromatic carbocycles. The maximum atomic E-state index is 13.7. The Labute approximate surface area is 89.3 Å². The molecule has 1 atom stereocenters. The van der Waals surface area contributed by atoms with Gasteiger partial charge in [0.25, 0.3) is 5.92 Å². The second-order valence-corrected chi connectivity index (χ2v) is 4.16. The first-order chi connectivity index (χ1) is 6.76. The lowest BCUT2D eigenvalue weighted by Crippen LogP contribution is -2.36. The third-order valence-electron chi connectivity index (χ3n) is 2.77. The van der Waals surface area contributed by atoms with Crippen molar-refractivity contribution in [3.8, 4) is 0 Å². The zero-order chi connectivity index (χ0) is 11.8. The predicted molar refractivity (Wildman–Crippen MR) is 58.2 cm³/mol. The molecule has 15 heavy (non-hydrogen) atoms. The largest absolute Gasteiger partial charge is 0.323 e. The summed E-state index contributed by atoms with van der Waals surface area (Å²) in [5.41, 5.74) is 7.85. The predicted octanol–water partition coefficient (Wildman–Crippen LogP) is 3.05. The van der Waals surface area contributed by atoms with Gasteiger partial charge >= 0.3 is 0 Å². The maximum absolute atomic E-state index is 13.7. The molecular formula is C12H17F2N.